The number of hydrogen-bond acceptors (Lipinski definition) is 8. The number of methoxy groups -OCH3 is 1. The first-order valence-electron chi connectivity index (χ1n) is 12.4. The number of carbonyl (C=O) groups is 3. The van der Waals surface area contributed by atoms with Crippen LogP contribution < -0.4 is 5.73 Å². The van der Waals surface area contributed by atoms with E-state index in [1.165, 1.54) is 19.3 Å². The van der Waals surface area contributed by atoms with E-state index in [4.69, 9.17) is 30.5 Å². The van der Waals surface area contributed by atoms with Gasteiger partial charge in [0, 0.05) is 49.7 Å². The maximum atomic E-state index is 11.7. The standard InChI is InChI=1S/C21H29N3O3.C4H6O5/c1-26-21(14-5-6-23-18(7-14)19(22)25)15-3-2-4-16(21)11-24(10-15)17-8-20(9-17)12-27-13-20;5-2(4(8)9)1-3(6)7/h5-7,15-17H,2-4,8-13H2,1H3,(H2,22,25);2,5H,1H2,(H,6,7)(H,8,9). The Bertz CT molecular complexity index is 975. The number of nitrogens with zero attached hydrogens (tertiary/aromatic N) is 2. The zero-order valence-electron chi connectivity index (χ0n) is 20.5. The summed E-state index contributed by atoms with van der Waals surface area (Å²) in [6.07, 6.45) is 5.31. The number of fused-ring (bicyclic) bond motifs is 2. The van der Waals surface area contributed by atoms with Gasteiger partial charge in [-0.25, -0.2) is 4.79 Å². The number of amides is 1. The number of aromatic nitrogens is 1. The Labute approximate surface area is 209 Å². The van der Waals surface area contributed by atoms with Crippen LogP contribution in [0.2, 0.25) is 0 Å². The molecule has 4 aliphatic rings. The quantitative estimate of drug-likeness (QED) is 0.416. The van der Waals surface area contributed by atoms with Crippen LogP contribution in [-0.2, 0) is 24.7 Å². The number of nitrogens with two attached hydrogens (primary N) is 1. The number of aliphatic hydroxyl groups excluding tert-OH is 1. The van der Waals surface area contributed by atoms with Crippen LogP contribution >= 0.6 is 0 Å². The molecule has 0 aromatic carbocycles. The smallest absolute Gasteiger partial charge is 0.333 e. The molecule has 5 N–H and O–H groups in total. The number of ether oxygens (including phenoxy) is 2. The van der Waals surface area contributed by atoms with Gasteiger partial charge in [-0.05, 0) is 43.4 Å². The first-order valence-corrected chi connectivity index (χ1v) is 12.4. The highest BCUT2D eigenvalue weighted by atomic mass is 16.5. The van der Waals surface area contributed by atoms with Gasteiger partial charge in [0.2, 0.25) is 0 Å². The molecule has 1 aromatic heterocycles. The maximum Gasteiger partial charge on any atom is 0.333 e. The van der Waals surface area contributed by atoms with Crippen molar-refractivity contribution >= 4 is 17.8 Å². The minimum absolute atomic E-state index is 0.329. The Morgan fingerprint density at radius 1 is 1.22 bits per heavy atom. The third kappa shape index (κ3) is 4.97. The number of carbonyl (C=O) groups excluding carboxylic acids is 1. The van der Waals surface area contributed by atoms with Crippen LogP contribution in [-0.4, -0.2) is 88.6 Å². The van der Waals surface area contributed by atoms with Gasteiger partial charge >= 0.3 is 11.9 Å². The number of primary amides is 1. The van der Waals surface area contributed by atoms with Crippen LogP contribution in [0.1, 0.15) is 54.6 Å². The zero-order valence-corrected chi connectivity index (χ0v) is 20.5. The molecule has 2 saturated heterocycles. The lowest BCUT2D eigenvalue weighted by atomic mass is 9.59. The summed E-state index contributed by atoms with van der Waals surface area (Å²) in [5.41, 5.74) is 7.05. The van der Waals surface area contributed by atoms with Crippen LogP contribution in [0.5, 0.6) is 0 Å². The molecule has 2 aliphatic heterocycles. The van der Waals surface area contributed by atoms with Crippen molar-refractivity contribution in [1.82, 2.24) is 9.88 Å². The zero-order chi connectivity index (χ0) is 26.1. The van der Waals surface area contributed by atoms with Crippen molar-refractivity contribution in [1.29, 1.82) is 0 Å². The molecule has 5 rings (SSSR count). The lowest BCUT2D eigenvalue weighted by Gasteiger charge is -2.61. The second-order valence-electron chi connectivity index (χ2n) is 10.6. The van der Waals surface area contributed by atoms with E-state index in [1.807, 2.05) is 19.2 Å². The van der Waals surface area contributed by atoms with Crippen molar-refractivity contribution in [3.8, 4) is 0 Å². The predicted molar refractivity (Wildman–Crippen MR) is 126 cm³/mol. The summed E-state index contributed by atoms with van der Waals surface area (Å²) in [5, 5.41) is 24.1. The van der Waals surface area contributed by atoms with Crippen LogP contribution in [0.15, 0.2) is 18.3 Å². The molecule has 198 valence electrons. The summed E-state index contributed by atoms with van der Waals surface area (Å²) in [5.74, 6) is -2.45. The van der Waals surface area contributed by atoms with Crippen molar-refractivity contribution in [3.05, 3.63) is 29.6 Å². The van der Waals surface area contributed by atoms with Gasteiger partial charge in [0.1, 0.15) is 11.3 Å². The van der Waals surface area contributed by atoms with E-state index in [0.29, 0.717) is 29.0 Å². The first kappa shape index (κ1) is 26.5. The average molecular weight is 506 g/mol. The number of likely N-dealkylation sites (tertiary alicyclic amines) is 1. The summed E-state index contributed by atoms with van der Waals surface area (Å²) < 4.78 is 11.7. The lowest BCUT2D eigenvalue weighted by Crippen LogP contribution is -2.66. The Balaban J connectivity index is 0.000000292. The average Bonchev–Trinajstić information content (AvgIpc) is 2.76. The Morgan fingerprint density at radius 3 is 2.31 bits per heavy atom. The highest BCUT2D eigenvalue weighted by Crippen LogP contribution is 2.55. The molecule has 2 saturated carbocycles. The predicted octanol–water partition coefficient (Wildman–Crippen LogP) is 0.840. The van der Waals surface area contributed by atoms with E-state index in [9.17, 15) is 14.4 Å². The van der Waals surface area contributed by atoms with Crippen molar-refractivity contribution < 1.29 is 39.2 Å². The molecule has 2 bridgehead atoms. The number of hydrogen-bond donors (Lipinski definition) is 4. The van der Waals surface area contributed by atoms with Gasteiger partial charge in [0.15, 0.2) is 6.10 Å². The van der Waals surface area contributed by atoms with E-state index in [2.05, 4.69) is 9.88 Å². The normalized spacial score (nSPS) is 29.7. The van der Waals surface area contributed by atoms with Gasteiger partial charge in [-0.1, -0.05) is 6.42 Å². The number of carboxylic acids is 2. The number of carboxylic acid groups (broad SMARTS) is 2. The molecule has 0 radical (unpaired) electrons. The number of aliphatic hydroxyl groups is 1. The lowest BCUT2D eigenvalue weighted by molar-refractivity contribution is -0.215. The van der Waals surface area contributed by atoms with Crippen molar-refractivity contribution in [2.75, 3.05) is 33.4 Å². The molecule has 3 atom stereocenters. The largest absolute Gasteiger partial charge is 0.481 e. The van der Waals surface area contributed by atoms with E-state index in [1.54, 1.807) is 6.20 Å². The molecule has 1 aromatic rings. The molecule has 1 amide bonds. The van der Waals surface area contributed by atoms with Crippen LogP contribution in [0.4, 0.5) is 0 Å². The fourth-order valence-corrected chi connectivity index (χ4v) is 6.57. The second kappa shape index (κ2) is 10.4. The van der Waals surface area contributed by atoms with Crippen molar-refractivity contribution in [3.63, 3.8) is 0 Å². The van der Waals surface area contributed by atoms with Crippen LogP contribution in [0, 0.1) is 17.3 Å². The number of piperidine rings is 1. The summed E-state index contributed by atoms with van der Waals surface area (Å²) in [6.45, 7) is 4.05. The molecule has 3 unspecified atom stereocenters. The maximum absolute atomic E-state index is 11.7. The third-order valence-corrected chi connectivity index (χ3v) is 8.35. The molecular weight excluding hydrogens is 470 g/mol. The topological polar surface area (TPSA) is 173 Å². The van der Waals surface area contributed by atoms with Crippen LogP contribution in [0.3, 0.4) is 0 Å². The summed E-state index contributed by atoms with van der Waals surface area (Å²) in [7, 11) is 1.83. The van der Waals surface area contributed by atoms with Crippen LogP contribution in [0.25, 0.3) is 0 Å². The Kier molecular flexibility index (Phi) is 7.65. The van der Waals surface area contributed by atoms with Gasteiger partial charge in [0.05, 0.1) is 19.6 Å². The van der Waals surface area contributed by atoms with E-state index >= 15 is 0 Å². The molecule has 11 nitrogen and oxygen atoms in total. The van der Waals surface area contributed by atoms with Gasteiger partial charge in [-0.3, -0.25) is 19.5 Å². The number of pyridine rings is 1. The van der Waals surface area contributed by atoms with Crippen molar-refractivity contribution in [2.45, 2.75) is 56.3 Å². The van der Waals surface area contributed by atoms with E-state index in [-0.39, 0.29) is 5.60 Å². The summed E-state index contributed by atoms with van der Waals surface area (Å²) >= 11 is 0. The van der Waals surface area contributed by atoms with Gasteiger partial charge in [-0.2, -0.15) is 0 Å². The SMILES string of the molecule is COC1(c2ccnc(C(N)=O)c2)C2CCCC1CN(C1CC3(COC3)C1)C2.O=C(O)CC(O)C(=O)O. The third-order valence-electron chi connectivity index (χ3n) is 8.35. The Hall–Kier alpha value is -2.60. The molecular formula is C25H35N3O8. The van der Waals surface area contributed by atoms with E-state index in [0.717, 1.165) is 44.7 Å². The number of rotatable bonds is 7. The molecule has 36 heavy (non-hydrogen) atoms. The van der Waals surface area contributed by atoms with Gasteiger partial charge in [-0.15, -0.1) is 0 Å². The summed E-state index contributed by atoms with van der Waals surface area (Å²) in [4.78, 5) is 37.9. The fourth-order valence-electron chi connectivity index (χ4n) is 6.57. The van der Waals surface area contributed by atoms with E-state index < -0.39 is 30.4 Å². The minimum atomic E-state index is -1.79. The second-order valence-corrected chi connectivity index (χ2v) is 10.6. The fraction of sp³-hybridized carbons (Fsp3) is 0.680. The summed E-state index contributed by atoms with van der Waals surface area (Å²) in [6, 6.07) is 4.57. The molecule has 2 aliphatic carbocycles. The number of aliphatic carboxylic acids is 2. The molecule has 1 spiro atoms. The highest BCUT2D eigenvalue weighted by molar-refractivity contribution is 5.90. The van der Waals surface area contributed by atoms with Gasteiger partial charge < -0.3 is 30.5 Å². The minimum Gasteiger partial charge on any atom is -0.481 e. The molecule has 4 fully saturated rings. The van der Waals surface area contributed by atoms with Gasteiger partial charge in [0.25, 0.3) is 5.91 Å². The van der Waals surface area contributed by atoms with Crippen molar-refractivity contribution in [2.24, 2.45) is 23.0 Å². The first-order chi connectivity index (χ1) is 17.1. The Morgan fingerprint density at radius 2 is 1.86 bits per heavy atom. The monoisotopic (exact) mass is 505 g/mol. The highest BCUT2D eigenvalue weighted by Gasteiger charge is 2.57. The molecule has 3 heterocycles. The molecule has 11 heteroatoms.